The molecule has 0 amide bonds. The van der Waals surface area contributed by atoms with Crippen LogP contribution in [0.2, 0.25) is 0 Å². The van der Waals surface area contributed by atoms with E-state index in [4.69, 9.17) is 4.18 Å². The summed E-state index contributed by atoms with van der Waals surface area (Å²) >= 11 is -1.57. The second-order valence-electron chi connectivity index (χ2n) is 7.50. The van der Waals surface area contributed by atoms with E-state index in [9.17, 15) is 4.21 Å². The van der Waals surface area contributed by atoms with Gasteiger partial charge in [0.05, 0.1) is 4.90 Å². The molecule has 3 rings (SSSR count). The van der Waals surface area contributed by atoms with Gasteiger partial charge in [0.2, 0.25) is 0 Å². The highest BCUT2D eigenvalue weighted by atomic mass is 32.2. The van der Waals surface area contributed by atoms with Gasteiger partial charge < -0.3 is 9.80 Å². The first kappa shape index (κ1) is 21.1. The molecule has 0 aliphatic heterocycles. The van der Waals surface area contributed by atoms with Gasteiger partial charge in [-0.05, 0) is 54.4 Å². The molecule has 3 aromatic rings. The normalized spacial score (nSPS) is 12.1. The Morgan fingerprint density at radius 1 is 0.690 bits per heavy atom. The lowest BCUT2D eigenvalue weighted by atomic mass is 10.0. The molecule has 0 N–H and O–H groups in total. The lowest BCUT2D eigenvalue weighted by Crippen LogP contribution is -2.12. The van der Waals surface area contributed by atoms with Crippen molar-refractivity contribution in [3.63, 3.8) is 0 Å². The molecule has 0 saturated carbocycles. The van der Waals surface area contributed by atoms with E-state index in [1.165, 1.54) is 0 Å². The molecule has 1 unspecified atom stereocenters. The Hall–Kier alpha value is -2.63. The minimum Gasteiger partial charge on any atom is -0.378 e. The third kappa shape index (κ3) is 5.25. The van der Waals surface area contributed by atoms with Crippen molar-refractivity contribution in [2.75, 3.05) is 38.0 Å². The Kier molecular flexibility index (Phi) is 6.72. The number of benzene rings is 3. The van der Waals surface area contributed by atoms with Crippen molar-refractivity contribution < 1.29 is 8.39 Å². The maximum Gasteiger partial charge on any atom is 0.190 e. The van der Waals surface area contributed by atoms with E-state index in [2.05, 4.69) is 34.1 Å². The van der Waals surface area contributed by atoms with E-state index < -0.39 is 17.2 Å². The smallest absolute Gasteiger partial charge is 0.190 e. The molecule has 0 heterocycles. The Morgan fingerprint density at radius 3 is 1.48 bits per heavy atom. The average Bonchev–Trinajstić information content (AvgIpc) is 2.72. The van der Waals surface area contributed by atoms with Crippen LogP contribution in [0.1, 0.15) is 22.8 Å². The summed E-state index contributed by atoms with van der Waals surface area (Å²) in [5.74, 6) is 0. The molecule has 0 radical (unpaired) electrons. The van der Waals surface area contributed by atoms with E-state index in [-0.39, 0.29) is 0 Å². The van der Waals surface area contributed by atoms with Crippen molar-refractivity contribution >= 4 is 22.5 Å². The third-order valence-corrected chi connectivity index (χ3v) is 5.85. The van der Waals surface area contributed by atoms with Gasteiger partial charge in [-0.15, -0.1) is 0 Å². The Labute approximate surface area is 176 Å². The molecule has 0 aliphatic carbocycles. The van der Waals surface area contributed by atoms with Crippen LogP contribution in [0, 0.1) is 6.92 Å². The second kappa shape index (κ2) is 9.25. The zero-order chi connectivity index (χ0) is 21.0. The average molecular weight is 409 g/mol. The zero-order valence-corrected chi connectivity index (χ0v) is 18.4. The fourth-order valence-electron chi connectivity index (χ4n) is 2.99. The van der Waals surface area contributed by atoms with Crippen LogP contribution in [-0.4, -0.2) is 32.4 Å². The van der Waals surface area contributed by atoms with Crippen molar-refractivity contribution in [3.05, 3.63) is 89.5 Å². The Bertz CT molecular complexity index is 898. The number of anilines is 2. The monoisotopic (exact) mass is 408 g/mol. The first-order valence-electron chi connectivity index (χ1n) is 9.55. The molecule has 4 nitrogen and oxygen atoms in total. The van der Waals surface area contributed by atoms with Crippen LogP contribution in [-0.2, 0) is 15.3 Å². The van der Waals surface area contributed by atoms with Crippen LogP contribution < -0.4 is 9.80 Å². The molecule has 29 heavy (non-hydrogen) atoms. The van der Waals surface area contributed by atoms with E-state index in [0.717, 1.165) is 28.1 Å². The van der Waals surface area contributed by atoms with Gasteiger partial charge >= 0.3 is 0 Å². The molecule has 0 saturated heterocycles. The maximum atomic E-state index is 12.9. The highest BCUT2D eigenvalue weighted by molar-refractivity contribution is 7.80. The van der Waals surface area contributed by atoms with Gasteiger partial charge in [0.1, 0.15) is 6.10 Å². The van der Waals surface area contributed by atoms with Gasteiger partial charge in [-0.2, -0.15) is 0 Å². The maximum absolute atomic E-state index is 12.9. The molecular weight excluding hydrogens is 380 g/mol. The van der Waals surface area contributed by atoms with Gasteiger partial charge in [-0.25, -0.2) is 4.21 Å². The summed E-state index contributed by atoms with van der Waals surface area (Å²) in [5, 5.41) is 0. The van der Waals surface area contributed by atoms with Gasteiger partial charge in [0, 0.05) is 39.6 Å². The molecule has 0 bridgehead atoms. The standard InChI is InChI=1S/C24H28N2O2S/c1-18-6-16-23(17-7-18)29(27)28-24(19-8-12-21(13-9-19)25(2)3)20-10-14-22(15-11-20)26(4)5/h6-17,24H,1-5H3. The van der Waals surface area contributed by atoms with Crippen LogP contribution in [0.15, 0.2) is 77.7 Å². The van der Waals surface area contributed by atoms with Gasteiger partial charge in [-0.3, -0.25) is 4.18 Å². The number of aryl methyl sites for hydroxylation is 1. The van der Waals surface area contributed by atoms with Crippen LogP contribution in [0.25, 0.3) is 0 Å². The number of nitrogens with zero attached hydrogens (tertiary/aromatic N) is 2. The summed E-state index contributed by atoms with van der Waals surface area (Å²) in [7, 11) is 8.04. The Balaban J connectivity index is 1.94. The summed E-state index contributed by atoms with van der Waals surface area (Å²) in [6.07, 6.45) is -0.426. The molecule has 0 aromatic heterocycles. The van der Waals surface area contributed by atoms with Crippen molar-refractivity contribution in [3.8, 4) is 0 Å². The van der Waals surface area contributed by atoms with Crippen molar-refractivity contribution in [2.45, 2.75) is 17.9 Å². The van der Waals surface area contributed by atoms with Crippen molar-refractivity contribution in [2.24, 2.45) is 0 Å². The molecule has 5 heteroatoms. The molecule has 152 valence electrons. The molecular formula is C24H28N2O2S. The first-order valence-corrected chi connectivity index (χ1v) is 10.6. The molecule has 0 fully saturated rings. The second-order valence-corrected chi connectivity index (χ2v) is 8.63. The molecule has 1 atom stereocenters. The van der Waals surface area contributed by atoms with Crippen LogP contribution >= 0.6 is 0 Å². The molecule has 3 aromatic carbocycles. The highest BCUT2D eigenvalue weighted by Crippen LogP contribution is 2.31. The lowest BCUT2D eigenvalue weighted by molar-refractivity contribution is 0.275. The Morgan fingerprint density at radius 2 is 1.10 bits per heavy atom. The highest BCUT2D eigenvalue weighted by Gasteiger charge is 2.20. The summed E-state index contributed by atoms with van der Waals surface area (Å²) < 4.78 is 19.0. The predicted molar refractivity (Wildman–Crippen MR) is 122 cm³/mol. The summed E-state index contributed by atoms with van der Waals surface area (Å²) in [4.78, 5) is 4.77. The number of hydrogen-bond donors (Lipinski definition) is 0. The van der Waals surface area contributed by atoms with Crippen molar-refractivity contribution in [1.29, 1.82) is 0 Å². The largest absolute Gasteiger partial charge is 0.378 e. The van der Waals surface area contributed by atoms with Crippen LogP contribution in [0.5, 0.6) is 0 Å². The fraction of sp³-hybridized carbons (Fsp3) is 0.250. The van der Waals surface area contributed by atoms with Gasteiger partial charge in [-0.1, -0.05) is 42.0 Å². The zero-order valence-electron chi connectivity index (χ0n) is 17.6. The lowest BCUT2D eigenvalue weighted by Gasteiger charge is -2.21. The number of hydrogen-bond acceptors (Lipinski definition) is 4. The van der Waals surface area contributed by atoms with E-state index in [1.54, 1.807) is 0 Å². The molecule has 0 spiro atoms. The molecule has 0 aliphatic rings. The minimum atomic E-state index is -1.57. The minimum absolute atomic E-state index is 0.426. The first-order chi connectivity index (χ1) is 13.8. The van der Waals surface area contributed by atoms with Gasteiger partial charge in [0.15, 0.2) is 11.1 Å². The number of rotatable bonds is 7. The third-order valence-electron chi connectivity index (χ3n) is 4.82. The van der Waals surface area contributed by atoms with Crippen LogP contribution in [0.4, 0.5) is 11.4 Å². The van der Waals surface area contributed by atoms with E-state index in [0.29, 0.717) is 4.90 Å². The van der Waals surface area contributed by atoms with Gasteiger partial charge in [0.25, 0.3) is 0 Å². The predicted octanol–water partition coefficient (Wildman–Crippen LogP) is 4.96. The fourth-order valence-corrected chi connectivity index (χ4v) is 3.86. The quantitative estimate of drug-likeness (QED) is 0.553. The van der Waals surface area contributed by atoms with Crippen LogP contribution in [0.3, 0.4) is 0 Å². The SMILES string of the molecule is Cc1ccc(S(=O)OC(c2ccc(N(C)C)cc2)c2ccc(N(C)C)cc2)cc1. The summed E-state index contributed by atoms with van der Waals surface area (Å²) in [5.41, 5.74) is 5.27. The van der Waals surface area contributed by atoms with E-state index in [1.807, 2.05) is 83.6 Å². The summed E-state index contributed by atoms with van der Waals surface area (Å²) in [6, 6.07) is 23.9. The van der Waals surface area contributed by atoms with Crippen molar-refractivity contribution in [1.82, 2.24) is 0 Å². The summed E-state index contributed by atoms with van der Waals surface area (Å²) in [6.45, 7) is 2.01. The topological polar surface area (TPSA) is 32.8 Å². The van der Waals surface area contributed by atoms with E-state index >= 15 is 0 Å².